The van der Waals surface area contributed by atoms with Crippen molar-refractivity contribution >= 4 is 16.5 Å². The first-order valence-corrected chi connectivity index (χ1v) is 6.47. The van der Waals surface area contributed by atoms with Crippen molar-refractivity contribution < 1.29 is 9.84 Å². The highest BCUT2D eigenvalue weighted by Crippen LogP contribution is 2.28. The van der Waals surface area contributed by atoms with Gasteiger partial charge in [0.1, 0.15) is 0 Å². The Hall–Kier alpha value is -2.09. The van der Waals surface area contributed by atoms with Crippen molar-refractivity contribution in [2.24, 2.45) is 0 Å². The summed E-state index contributed by atoms with van der Waals surface area (Å²) in [6, 6.07) is 13.7. The number of aliphatic hydroxyl groups is 1. The molecule has 0 fully saturated rings. The van der Waals surface area contributed by atoms with Gasteiger partial charge >= 0.3 is 0 Å². The summed E-state index contributed by atoms with van der Waals surface area (Å²) in [6.45, 7) is 0.780. The number of fused-ring (bicyclic) bond motifs is 1. The fourth-order valence-electron chi connectivity index (χ4n) is 2.37. The van der Waals surface area contributed by atoms with Gasteiger partial charge in [-0.3, -0.25) is 0 Å². The lowest BCUT2D eigenvalue weighted by Crippen LogP contribution is -2.31. The summed E-state index contributed by atoms with van der Waals surface area (Å²) in [4.78, 5) is 1.98. The van der Waals surface area contributed by atoms with Gasteiger partial charge in [-0.2, -0.15) is 5.26 Å². The molecule has 20 heavy (non-hydrogen) atoms. The number of aliphatic hydroxyl groups excluding tert-OH is 1. The molecule has 0 radical (unpaired) electrons. The molecule has 1 unspecified atom stereocenters. The molecule has 0 heterocycles. The molecule has 1 atom stereocenters. The molecular weight excluding hydrogens is 252 g/mol. The van der Waals surface area contributed by atoms with E-state index < -0.39 is 6.10 Å². The molecule has 0 spiro atoms. The molecule has 2 aromatic carbocycles. The molecule has 0 aliphatic carbocycles. The molecule has 0 amide bonds. The standard InChI is InChI=1S/C16H18N2O2/c1-18(10-13(19)11-20-2)16-8-7-12(9-17)14-5-3-4-6-15(14)16/h3-8,13,19H,10-11H2,1-2H3. The van der Waals surface area contributed by atoms with Gasteiger partial charge in [0, 0.05) is 37.2 Å². The van der Waals surface area contributed by atoms with E-state index in [0.29, 0.717) is 18.7 Å². The number of likely N-dealkylation sites (N-methyl/N-ethyl adjacent to an activating group) is 1. The van der Waals surface area contributed by atoms with Crippen LogP contribution in [-0.4, -0.2) is 38.5 Å². The van der Waals surface area contributed by atoms with Crippen LogP contribution in [0.15, 0.2) is 36.4 Å². The topological polar surface area (TPSA) is 56.5 Å². The highest BCUT2D eigenvalue weighted by Gasteiger charge is 2.12. The first-order chi connectivity index (χ1) is 9.67. The summed E-state index contributed by atoms with van der Waals surface area (Å²) in [7, 11) is 3.49. The molecule has 1 N–H and O–H groups in total. The first kappa shape index (κ1) is 14.3. The van der Waals surface area contributed by atoms with Crippen LogP contribution in [0, 0.1) is 11.3 Å². The Labute approximate surface area is 118 Å². The smallest absolute Gasteiger partial charge is 0.0998 e. The average molecular weight is 270 g/mol. The lowest BCUT2D eigenvalue weighted by Gasteiger charge is -2.24. The lowest BCUT2D eigenvalue weighted by atomic mass is 10.0. The van der Waals surface area contributed by atoms with E-state index in [1.807, 2.05) is 48.3 Å². The maximum absolute atomic E-state index is 9.83. The van der Waals surface area contributed by atoms with Crippen LogP contribution < -0.4 is 4.90 Å². The van der Waals surface area contributed by atoms with Crippen LogP contribution in [0.5, 0.6) is 0 Å². The predicted molar refractivity (Wildman–Crippen MR) is 79.8 cm³/mol. The minimum absolute atomic E-state index is 0.304. The van der Waals surface area contributed by atoms with Gasteiger partial charge in [-0.25, -0.2) is 0 Å². The molecule has 4 nitrogen and oxygen atoms in total. The van der Waals surface area contributed by atoms with Gasteiger partial charge in [0.2, 0.25) is 0 Å². The van der Waals surface area contributed by atoms with Crippen molar-refractivity contribution in [3.05, 3.63) is 42.0 Å². The predicted octanol–water partition coefficient (Wildman–Crippen LogP) is 2.15. The average Bonchev–Trinajstić information content (AvgIpc) is 2.46. The number of hydrogen-bond acceptors (Lipinski definition) is 4. The second-order valence-electron chi connectivity index (χ2n) is 4.78. The molecule has 2 aromatic rings. The monoisotopic (exact) mass is 270 g/mol. The summed E-state index contributed by atoms with van der Waals surface area (Å²) < 4.78 is 4.94. The lowest BCUT2D eigenvalue weighted by molar-refractivity contribution is 0.0695. The Kier molecular flexibility index (Phi) is 4.57. The summed E-state index contributed by atoms with van der Waals surface area (Å²) in [6.07, 6.45) is -0.542. The van der Waals surface area contributed by atoms with E-state index in [9.17, 15) is 5.11 Å². The van der Waals surface area contributed by atoms with E-state index in [-0.39, 0.29) is 0 Å². The molecule has 0 saturated heterocycles. The van der Waals surface area contributed by atoms with Crippen LogP contribution in [0.3, 0.4) is 0 Å². The van der Waals surface area contributed by atoms with Crippen LogP contribution in [-0.2, 0) is 4.74 Å². The fraction of sp³-hybridized carbons (Fsp3) is 0.312. The second-order valence-corrected chi connectivity index (χ2v) is 4.78. The molecule has 2 rings (SSSR count). The summed E-state index contributed by atoms with van der Waals surface area (Å²) in [5, 5.41) is 20.9. The summed E-state index contributed by atoms with van der Waals surface area (Å²) in [5.74, 6) is 0. The number of rotatable bonds is 5. The van der Waals surface area contributed by atoms with Gasteiger partial charge in [-0.1, -0.05) is 24.3 Å². The summed E-state index contributed by atoms with van der Waals surface area (Å²) in [5.41, 5.74) is 1.66. The molecule has 0 bridgehead atoms. The molecular formula is C16H18N2O2. The quantitative estimate of drug-likeness (QED) is 0.904. The minimum atomic E-state index is -0.542. The van der Waals surface area contributed by atoms with Crippen molar-refractivity contribution in [2.75, 3.05) is 32.2 Å². The zero-order valence-electron chi connectivity index (χ0n) is 11.7. The minimum Gasteiger partial charge on any atom is -0.389 e. The van der Waals surface area contributed by atoms with Gasteiger partial charge in [-0.15, -0.1) is 0 Å². The first-order valence-electron chi connectivity index (χ1n) is 6.47. The summed E-state index contributed by atoms with van der Waals surface area (Å²) >= 11 is 0. The van der Waals surface area contributed by atoms with Crippen molar-refractivity contribution in [2.45, 2.75) is 6.10 Å². The van der Waals surface area contributed by atoms with Gasteiger partial charge in [-0.05, 0) is 12.1 Å². The third-order valence-corrected chi connectivity index (χ3v) is 3.28. The Bertz CT molecular complexity index is 634. The maximum atomic E-state index is 9.83. The Morgan fingerprint density at radius 3 is 2.60 bits per heavy atom. The van der Waals surface area contributed by atoms with Crippen LogP contribution in [0.2, 0.25) is 0 Å². The van der Waals surface area contributed by atoms with Crippen molar-refractivity contribution in [1.29, 1.82) is 5.26 Å². The molecule has 0 aliphatic rings. The van der Waals surface area contributed by atoms with E-state index in [0.717, 1.165) is 16.5 Å². The molecule has 0 aromatic heterocycles. The van der Waals surface area contributed by atoms with Gasteiger partial charge in [0.25, 0.3) is 0 Å². The third-order valence-electron chi connectivity index (χ3n) is 3.28. The molecule has 4 heteroatoms. The zero-order valence-corrected chi connectivity index (χ0v) is 11.7. The number of benzene rings is 2. The second kappa shape index (κ2) is 6.38. The van der Waals surface area contributed by atoms with E-state index >= 15 is 0 Å². The largest absolute Gasteiger partial charge is 0.389 e. The fourth-order valence-corrected chi connectivity index (χ4v) is 2.37. The van der Waals surface area contributed by atoms with Gasteiger partial charge < -0.3 is 14.7 Å². The number of methoxy groups -OCH3 is 1. The van der Waals surface area contributed by atoms with E-state index in [2.05, 4.69) is 6.07 Å². The van der Waals surface area contributed by atoms with Crippen LogP contribution in [0.4, 0.5) is 5.69 Å². The van der Waals surface area contributed by atoms with Gasteiger partial charge in [0.15, 0.2) is 0 Å². The van der Waals surface area contributed by atoms with Crippen molar-refractivity contribution in [3.63, 3.8) is 0 Å². The van der Waals surface area contributed by atoms with Crippen LogP contribution >= 0.6 is 0 Å². The van der Waals surface area contributed by atoms with Gasteiger partial charge in [0.05, 0.1) is 24.3 Å². The van der Waals surface area contributed by atoms with Crippen LogP contribution in [0.25, 0.3) is 10.8 Å². The SMILES string of the molecule is COCC(O)CN(C)c1ccc(C#N)c2ccccc12. The highest BCUT2D eigenvalue weighted by molar-refractivity contribution is 5.97. The Morgan fingerprint density at radius 1 is 1.25 bits per heavy atom. The zero-order chi connectivity index (χ0) is 14.5. The van der Waals surface area contributed by atoms with E-state index in [4.69, 9.17) is 10.00 Å². The number of ether oxygens (including phenoxy) is 1. The van der Waals surface area contributed by atoms with E-state index in [1.54, 1.807) is 7.11 Å². The van der Waals surface area contributed by atoms with Crippen molar-refractivity contribution in [1.82, 2.24) is 0 Å². The van der Waals surface area contributed by atoms with Crippen LogP contribution in [0.1, 0.15) is 5.56 Å². The van der Waals surface area contributed by atoms with E-state index in [1.165, 1.54) is 0 Å². The number of nitriles is 1. The Balaban J connectivity index is 2.38. The normalized spacial score (nSPS) is 12.1. The highest BCUT2D eigenvalue weighted by atomic mass is 16.5. The number of nitrogens with zero attached hydrogens (tertiary/aromatic N) is 2. The third kappa shape index (κ3) is 2.90. The molecule has 0 saturated carbocycles. The van der Waals surface area contributed by atoms with Crippen molar-refractivity contribution in [3.8, 4) is 6.07 Å². The number of hydrogen-bond donors (Lipinski definition) is 1. The molecule has 0 aliphatic heterocycles. The molecule has 104 valence electrons. The number of anilines is 1. The maximum Gasteiger partial charge on any atom is 0.0998 e. The Morgan fingerprint density at radius 2 is 1.95 bits per heavy atom.